The highest BCUT2D eigenvalue weighted by Crippen LogP contribution is 2.30. The van der Waals surface area contributed by atoms with Crippen molar-refractivity contribution >= 4 is 27.7 Å². The Kier molecular flexibility index (Phi) is 4.98. The van der Waals surface area contributed by atoms with Crippen molar-refractivity contribution in [1.29, 1.82) is 0 Å². The molecule has 0 saturated heterocycles. The predicted molar refractivity (Wildman–Crippen MR) is 112 cm³/mol. The molecule has 142 valence electrons. The van der Waals surface area contributed by atoms with Gasteiger partial charge in [-0.25, -0.2) is 4.98 Å². The van der Waals surface area contributed by atoms with E-state index in [1.165, 1.54) is 0 Å². The Morgan fingerprint density at radius 2 is 2.00 bits per heavy atom. The first-order valence-electron chi connectivity index (χ1n) is 9.49. The minimum Gasteiger partial charge on any atom is -0.493 e. The molecule has 0 fully saturated rings. The minimum absolute atomic E-state index is 0.0362. The van der Waals surface area contributed by atoms with Crippen LogP contribution in [-0.2, 0) is 6.54 Å². The zero-order valence-electron chi connectivity index (χ0n) is 16.1. The summed E-state index contributed by atoms with van der Waals surface area (Å²) in [5.74, 6) is 0.801. The van der Waals surface area contributed by atoms with Crippen LogP contribution in [0.4, 0.5) is 0 Å². The van der Waals surface area contributed by atoms with E-state index >= 15 is 0 Å². The molecule has 0 radical (unpaired) electrons. The third kappa shape index (κ3) is 3.43. The molecule has 5 heteroatoms. The summed E-state index contributed by atoms with van der Waals surface area (Å²) in [6.07, 6.45) is 2.57. The second kappa shape index (κ2) is 7.72. The van der Waals surface area contributed by atoms with Gasteiger partial charge in [0, 0.05) is 24.7 Å². The highest BCUT2D eigenvalue weighted by molar-refractivity contribution is 5.97. The van der Waals surface area contributed by atoms with Gasteiger partial charge in [-0.05, 0) is 41.5 Å². The Morgan fingerprint density at radius 1 is 1.14 bits per heavy atom. The molecule has 4 aromatic rings. The van der Waals surface area contributed by atoms with Crippen molar-refractivity contribution < 1.29 is 9.53 Å². The van der Waals surface area contributed by atoms with Crippen LogP contribution < -0.4 is 4.74 Å². The van der Waals surface area contributed by atoms with Crippen molar-refractivity contribution in [2.75, 3.05) is 13.7 Å². The molecule has 0 bridgehead atoms. The maximum absolute atomic E-state index is 13.0. The van der Waals surface area contributed by atoms with Gasteiger partial charge in [0.25, 0.3) is 5.91 Å². The molecule has 1 amide bonds. The molecule has 0 aliphatic heterocycles. The van der Waals surface area contributed by atoms with Gasteiger partial charge in [-0.2, -0.15) is 0 Å². The third-order valence-electron chi connectivity index (χ3n) is 4.87. The van der Waals surface area contributed by atoms with Gasteiger partial charge in [-0.3, -0.25) is 4.79 Å². The summed E-state index contributed by atoms with van der Waals surface area (Å²) in [6, 6.07) is 17.8. The van der Waals surface area contributed by atoms with E-state index in [4.69, 9.17) is 4.74 Å². The average molecular weight is 373 g/mol. The van der Waals surface area contributed by atoms with Crippen molar-refractivity contribution in [3.8, 4) is 5.75 Å². The van der Waals surface area contributed by atoms with Gasteiger partial charge in [0.1, 0.15) is 5.75 Å². The van der Waals surface area contributed by atoms with Gasteiger partial charge in [0.05, 0.1) is 24.0 Å². The molecule has 3 aromatic carbocycles. The summed E-state index contributed by atoms with van der Waals surface area (Å²) in [4.78, 5) is 22.0. The highest BCUT2D eigenvalue weighted by atomic mass is 16.5. The van der Waals surface area contributed by atoms with E-state index < -0.39 is 0 Å². The quantitative estimate of drug-likeness (QED) is 0.529. The first-order valence-corrected chi connectivity index (χ1v) is 9.49. The Morgan fingerprint density at radius 3 is 2.86 bits per heavy atom. The van der Waals surface area contributed by atoms with Crippen molar-refractivity contribution in [2.24, 2.45) is 0 Å². The number of hydrogen-bond acceptors (Lipinski definition) is 3. The zero-order chi connectivity index (χ0) is 19.5. The summed E-state index contributed by atoms with van der Waals surface area (Å²) in [7, 11) is 1.82. The molecule has 0 aliphatic rings. The number of H-pyrrole nitrogens is 1. The topological polar surface area (TPSA) is 58.2 Å². The zero-order valence-corrected chi connectivity index (χ0v) is 16.1. The number of amides is 1. The van der Waals surface area contributed by atoms with Gasteiger partial charge >= 0.3 is 0 Å². The molecule has 28 heavy (non-hydrogen) atoms. The first-order chi connectivity index (χ1) is 13.7. The molecule has 5 nitrogen and oxygen atoms in total. The van der Waals surface area contributed by atoms with E-state index in [1.807, 2.05) is 43.4 Å². The van der Waals surface area contributed by atoms with Gasteiger partial charge in [0.2, 0.25) is 0 Å². The second-order valence-corrected chi connectivity index (χ2v) is 6.91. The molecule has 1 heterocycles. The van der Waals surface area contributed by atoms with E-state index in [2.05, 4.69) is 35.1 Å². The van der Waals surface area contributed by atoms with Gasteiger partial charge in [0.15, 0.2) is 0 Å². The maximum Gasteiger partial charge on any atom is 0.253 e. The molecular formula is C23H23N3O2. The van der Waals surface area contributed by atoms with Crippen LogP contribution in [-0.4, -0.2) is 34.4 Å². The fourth-order valence-corrected chi connectivity index (χ4v) is 3.42. The summed E-state index contributed by atoms with van der Waals surface area (Å²) in [5, 5.41) is 2.25. The summed E-state index contributed by atoms with van der Waals surface area (Å²) < 4.78 is 5.98. The predicted octanol–water partition coefficient (Wildman–Crippen LogP) is 4.78. The Labute approximate surface area is 164 Å². The second-order valence-electron chi connectivity index (χ2n) is 6.91. The molecular weight excluding hydrogens is 350 g/mol. The SMILES string of the molecule is CCCOc1ccc2ccccc2c1CN(C)C(=O)c1ccc2nc[nH]c2c1. The Balaban J connectivity index is 1.66. The summed E-state index contributed by atoms with van der Waals surface area (Å²) in [5.41, 5.74) is 3.38. The van der Waals surface area contributed by atoms with E-state index in [-0.39, 0.29) is 5.91 Å². The molecule has 0 saturated carbocycles. The van der Waals surface area contributed by atoms with Gasteiger partial charge in [-0.1, -0.05) is 37.3 Å². The molecule has 0 spiro atoms. The van der Waals surface area contributed by atoms with Crippen LogP contribution in [0.25, 0.3) is 21.8 Å². The highest BCUT2D eigenvalue weighted by Gasteiger charge is 2.17. The molecule has 4 rings (SSSR count). The standard InChI is InChI=1S/C23H23N3O2/c1-3-12-28-22-11-9-16-6-4-5-7-18(16)19(22)14-26(2)23(27)17-8-10-20-21(13-17)25-15-24-20/h4-11,13,15H,3,12,14H2,1-2H3,(H,24,25). The van der Waals surface area contributed by atoms with Crippen LogP contribution in [0.1, 0.15) is 29.3 Å². The normalized spacial score (nSPS) is 11.1. The monoisotopic (exact) mass is 373 g/mol. The number of hydrogen-bond donors (Lipinski definition) is 1. The number of nitrogens with zero attached hydrogens (tertiary/aromatic N) is 2. The Bertz CT molecular complexity index is 1130. The van der Waals surface area contributed by atoms with Crippen LogP contribution in [0.15, 0.2) is 60.9 Å². The van der Waals surface area contributed by atoms with Crippen molar-refractivity contribution in [3.05, 3.63) is 72.1 Å². The fraction of sp³-hybridized carbons (Fsp3) is 0.217. The number of rotatable bonds is 6. The molecule has 0 aliphatic carbocycles. The van der Waals surface area contributed by atoms with Crippen LogP contribution in [0, 0.1) is 0 Å². The van der Waals surface area contributed by atoms with E-state index in [0.717, 1.165) is 39.5 Å². The van der Waals surface area contributed by atoms with Gasteiger partial charge < -0.3 is 14.6 Å². The van der Waals surface area contributed by atoms with Crippen LogP contribution in [0.2, 0.25) is 0 Å². The van der Waals surface area contributed by atoms with Crippen molar-refractivity contribution in [2.45, 2.75) is 19.9 Å². The van der Waals surface area contributed by atoms with Crippen molar-refractivity contribution in [3.63, 3.8) is 0 Å². The number of benzene rings is 3. The van der Waals surface area contributed by atoms with Crippen LogP contribution in [0.3, 0.4) is 0 Å². The lowest BCUT2D eigenvalue weighted by molar-refractivity contribution is 0.0784. The lowest BCUT2D eigenvalue weighted by atomic mass is 10.0. The first kappa shape index (κ1) is 18.0. The van der Waals surface area contributed by atoms with Gasteiger partial charge in [-0.15, -0.1) is 0 Å². The van der Waals surface area contributed by atoms with Crippen molar-refractivity contribution in [1.82, 2.24) is 14.9 Å². The fourth-order valence-electron chi connectivity index (χ4n) is 3.42. The Hall–Kier alpha value is -3.34. The van der Waals surface area contributed by atoms with E-state index in [0.29, 0.717) is 18.7 Å². The number of ether oxygens (including phenoxy) is 1. The minimum atomic E-state index is -0.0362. The smallest absolute Gasteiger partial charge is 0.253 e. The third-order valence-corrected chi connectivity index (χ3v) is 4.87. The summed E-state index contributed by atoms with van der Waals surface area (Å²) >= 11 is 0. The number of aromatic nitrogens is 2. The number of imidazole rings is 1. The summed E-state index contributed by atoms with van der Waals surface area (Å²) in [6.45, 7) is 3.21. The van der Waals surface area contributed by atoms with E-state index in [9.17, 15) is 4.79 Å². The molecule has 1 aromatic heterocycles. The molecule has 1 N–H and O–H groups in total. The van der Waals surface area contributed by atoms with E-state index in [1.54, 1.807) is 11.2 Å². The molecule has 0 unspecified atom stereocenters. The number of fused-ring (bicyclic) bond motifs is 2. The number of aromatic amines is 1. The lowest BCUT2D eigenvalue weighted by Crippen LogP contribution is -2.26. The number of carbonyl (C=O) groups excluding carboxylic acids is 1. The molecule has 0 atom stereocenters. The lowest BCUT2D eigenvalue weighted by Gasteiger charge is -2.21. The maximum atomic E-state index is 13.0. The van der Waals surface area contributed by atoms with Crippen LogP contribution >= 0.6 is 0 Å². The van der Waals surface area contributed by atoms with Crippen LogP contribution in [0.5, 0.6) is 5.75 Å². The number of nitrogens with one attached hydrogen (secondary N) is 1. The average Bonchev–Trinajstić information content (AvgIpc) is 3.20. The number of carbonyl (C=O) groups is 1. The largest absolute Gasteiger partial charge is 0.493 e.